The Morgan fingerprint density at radius 2 is 0.333 bits per heavy atom. The van der Waals surface area contributed by atoms with E-state index in [1.165, 1.54) is 198 Å². The van der Waals surface area contributed by atoms with Crippen LogP contribution in [0.15, 0.2) is 328 Å². The fraction of sp³-hybridized carbons (Fsp3) is 0.0625. The number of rotatable bonds is 8. The minimum atomic E-state index is -0.260. The average molecular weight is 1220 g/mol. The fourth-order valence-corrected chi connectivity index (χ4v) is 17.3. The molecule has 0 saturated heterocycles. The summed E-state index contributed by atoms with van der Waals surface area (Å²) in [6.45, 7) is 9.73. The molecule has 2 aliphatic carbocycles. The maximum atomic E-state index is 2.53. The van der Waals surface area contributed by atoms with E-state index >= 15 is 0 Å². The summed E-state index contributed by atoms with van der Waals surface area (Å²) in [4.78, 5) is 0. The van der Waals surface area contributed by atoms with Crippen molar-refractivity contribution in [1.29, 1.82) is 0 Å². The first-order valence-electron chi connectivity index (χ1n) is 33.9. The van der Waals surface area contributed by atoms with E-state index in [2.05, 4.69) is 355 Å². The van der Waals surface area contributed by atoms with Crippen LogP contribution in [-0.4, -0.2) is 0 Å². The number of fused-ring (bicyclic) bond motifs is 12. The highest BCUT2D eigenvalue weighted by Gasteiger charge is 2.39. The monoisotopic (exact) mass is 1220 g/mol. The smallest absolute Gasteiger partial charge is 0.0159 e. The van der Waals surface area contributed by atoms with E-state index in [0.717, 1.165) is 0 Å². The van der Waals surface area contributed by atoms with Crippen LogP contribution in [0.2, 0.25) is 0 Å². The van der Waals surface area contributed by atoms with Crippen molar-refractivity contribution < 1.29 is 0 Å². The molecule has 2 aliphatic rings. The molecule has 96 heavy (non-hydrogen) atoms. The molecule has 17 aromatic rings. The van der Waals surface area contributed by atoms with E-state index in [4.69, 9.17) is 0 Å². The lowest BCUT2D eigenvalue weighted by Crippen LogP contribution is -2.15. The Bertz CT molecular complexity index is 5940. The minimum absolute atomic E-state index is 0.238. The number of benzene rings is 17. The van der Waals surface area contributed by atoms with Crippen LogP contribution < -0.4 is 0 Å². The van der Waals surface area contributed by atoms with E-state index < -0.39 is 0 Å². The second-order valence-electron chi connectivity index (χ2n) is 27.7. The highest BCUT2D eigenvalue weighted by Crippen LogP contribution is 2.56. The Morgan fingerprint density at radius 3 is 0.604 bits per heavy atom. The van der Waals surface area contributed by atoms with Crippen LogP contribution >= 0.6 is 0 Å². The van der Waals surface area contributed by atoms with Crippen molar-refractivity contribution in [1.82, 2.24) is 0 Å². The maximum absolute atomic E-state index is 2.53. The van der Waals surface area contributed by atoms with E-state index in [1.807, 2.05) is 0 Å². The third-order valence-electron chi connectivity index (χ3n) is 21.8. The zero-order valence-electron chi connectivity index (χ0n) is 54.2. The van der Waals surface area contributed by atoms with Gasteiger partial charge in [-0.1, -0.05) is 319 Å². The van der Waals surface area contributed by atoms with Crippen LogP contribution in [0.3, 0.4) is 0 Å². The predicted molar refractivity (Wildman–Crippen MR) is 410 cm³/mol. The van der Waals surface area contributed by atoms with E-state index in [1.54, 1.807) is 0 Å². The minimum Gasteiger partial charge on any atom is -0.0622 e. The molecule has 0 unspecified atom stereocenters. The Labute approximate surface area is 560 Å². The van der Waals surface area contributed by atoms with Gasteiger partial charge in [0.2, 0.25) is 0 Å². The van der Waals surface area contributed by atoms with Gasteiger partial charge >= 0.3 is 0 Å². The molecule has 19 rings (SSSR count). The average Bonchev–Trinajstić information content (AvgIpc) is 0.924. The lowest BCUT2D eigenvalue weighted by atomic mass is 9.78. The van der Waals surface area contributed by atoms with Crippen molar-refractivity contribution in [2.45, 2.75) is 38.5 Å². The highest BCUT2D eigenvalue weighted by molar-refractivity contribution is 6.30. The van der Waals surface area contributed by atoms with Crippen molar-refractivity contribution in [3.05, 3.63) is 350 Å². The fourth-order valence-electron chi connectivity index (χ4n) is 17.3. The number of hydrogen-bond acceptors (Lipinski definition) is 0. The van der Waals surface area contributed by atoms with Gasteiger partial charge in [0.1, 0.15) is 0 Å². The summed E-state index contributed by atoms with van der Waals surface area (Å²) < 4.78 is 0. The topological polar surface area (TPSA) is 0 Å². The first kappa shape index (κ1) is 55.9. The summed E-state index contributed by atoms with van der Waals surface area (Å²) in [7, 11) is 0. The zero-order valence-corrected chi connectivity index (χ0v) is 54.2. The third-order valence-corrected chi connectivity index (χ3v) is 21.8. The molecule has 0 saturated carbocycles. The molecule has 0 amide bonds. The summed E-state index contributed by atoms with van der Waals surface area (Å²) in [5.74, 6) is 0. The lowest BCUT2D eigenvalue weighted by Gasteiger charge is -2.24. The van der Waals surface area contributed by atoms with Crippen molar-refractivity contribution in [3.8, 4) is 111 Å². The molecule has 0 bridgehead atoms. The molecule has 0 aromatic heterocycles. The molecule has 17 aromatic carbocycles. The zero-order chi connectivity index (χ0) is 64.0. The first-order chi connectivity index (χ1) is 47.2. The van der Waals surface area contributed by atoms with Crippen molar-refractivity contribution in [2.24, 2.45) is 0 Å². The lowest BCUT2D eigenvalue weighted by molar-refractivity contribution is 0.660. The summed E-state index contributed by atoms with van der Waals surface area (Å²) in [6.07, 6.45) is 0. The normalized spacial score (nSPS) is 13.4. The summed E-state index contributed by atoms with van der Waals surface area (Å²) >= 11 is 0. The Balaban J connectivity index is 0.683. The van der Waals surface area contributed by atoms with Crippen molar-refractivity contribution in [2.75, 3.05) is 0 Å². The van der Waals surface area contributed by atoms with Gasteiger partial charge in [-0.2, -0.15) is 0 Å². The van der Waals surface area contributed by atoms with Gasteiger partial charge in [0.15, 0.2) is 0 Å². The van der Waals surface area contributed by atoms with Gasteiger partial charge < -0.3 is 0 Å². The molecule has 0 heterocycles. The van der Waals surface area contributed by atoms with E-state index in [9.17, 15) is 0 Å². The molecule has 0 radical (unpaired) electrons. The molecule has 0 aliphatic heterocycles. The molecule has 0 fully saturated rings. The second-order valence-corrected chi connectivity index (χ2v) is 27.7. The molecular weight excluding hydrogens is 1150 g/mol. The highest BCUT2D eigenvalue weighted by atomic mass is 14.4. The van der Waals surface area contributed by atoms with Crippen LogP contribution in [0.25, 0.3) is 176 Å². The van der Waals surface area contributed by atoms with E-state index in [-0.39, 0.29) is 10.8 Å². The van der Waals surface area contributed by atoms with Gasteiger partial charge in [0, 0.05) is 10.8 Å². The number of hydrogen-bond donors (Lipinski definition) is 0. The predicted octanol–water partition coefficient (Wildman–Crippen LogP) is 26.6. The molecule has 0 atom stereocenters. The summed E-state index contributed by atoms with van der Waals surface area (Å²) in [5, 5.41) is 15.1. The summed E-state index contributed by atoms with van der Waals surface area (Å²) in [6, 6.07) is 123. The quantitative estimate of drug-likeness (QED) is 0.133. The van der Waals surface area contributed by atoms with Crippen molar-refractivity contribution >= 4 is 64.6 Å². The van der Waals surface area contributed by atoms with E-state index in [0.29, 0.717) is 0 Å². The molecule has 0 N–H and O–H groups in total. The molecule has 0 heteroatoms. The largest absolute Gasteiger partial charge is 0.0622 e. The van der Waals surface area contributed by atoms with Gasteiger partial charge in [-0.25, -0.2) is 0 Å². The summed E-state index contributed by atoms with van der Waals surface area (Å²) in [5.41, 5.74) is 30.2. The molecule has 450 valence electrons. The second kappa shape index (κ2) is 21.4. The maximum Gasteiger partial charge on any atom is 0.0159 e. The van der Waals surface area contributed by atoms with Crippen LogP contribution in [0.5, 0.6) is 0 Å². The Morgan fingerprint density at radius 1 is 0.146 bits per heavy atom. The standard InChI is InChI=1S/C96H66/c1-95(2)85-55-63(45-49-69(85)71-51-47-67(57-87(71)95)91-75-35-13-11-33-73(75)89(74-34-12-14-36-76(74)91)65-31-23-29-61(53-65)59-25-7-5-8-26-59)64-46-50-70-72-52-48-68(58-88(72)96(3,4)86(70)56-64)92-79-39-17-21-43-83(79)94(84-44-22-18-40-80(84)92)93-81-41-19-15-37-77(81)90(78-38-16-20-42-82(78)93)66-32-24-30-62(54-66)60-27-9-6-10-28-60/h5-58H,1-4H3. The van der Waals surface area contributed by atoms with Crippen LogP contribution in [-0.2, 0) is 10.8 Å². The Kier molecular flexibility index (Phi) is 12.5. The molecular formula is C96H66. The van der Waals surface area contributed by atoms with Gasteiger partial charge in [-0.3, -0.25) is 0 Å². The van der Waals surface area contributed by atoms with Gasteiger partial charge in [-0.15, -0.1) is 0 Å². The van der Waals surface area contributed by atoms with Crippen molar-refractivity contribution in [3.63, 3.8) is 0 Å². The van der Waals surface area contributed by atoms with Crippen LogP contribution in [0, 0.1) is 0 Å². The van der Waals surface area contributed by atoms with Crippen LogP contribution in [0.4, 0.5) is 0 Å². The van der Waals surface area contributed by atoms with Crippen LogP contribution in [0.1, 0.15) is 49.9 Å². The third kappa shape index (κ3) is 8.41. The Hall–Kier alpha value is -11.7. The molecule has 0 spiro atoms. The first-order valence-corrected chi connectivity index (χ1v) is 33.9. The van der Waals surface area contributed by atoms with Gasteiger partial charge in [-0.05, 0) is 235 Å². The van der Waals surface area contributed by atoms with Gasteiger partial charge in [0.05, 0.1) is 0 Å². The van der Waals surface area contributed by atoms with Gasteiger partial charge in [0.25, 0.3) is 0 Å². The SMILES string of the molecule is CC1(C)c2cc(-c3ccc4c(c3)C(C)(C)c3cc(-c5c6ccccc6c(-c6c7ccccc7c(-c7cccc(-c8ccccc8)c7)c7ccccc67)c6ccccc56)ccc3-4)ccc2-c2ccc(-c3c4ccccc4c(-c4cccc(-c5ccccc5)c4)c4ccccc34)cc21. The molecule has 0 nitrogen and oxygen atoms in total.